The maximum atomic E-state index is 12.6. The van der Waals surface area contributed by atoms with Crippen LogP contribution in [0.5, 0.6) is 5.75 Å². The Morgan fingerprint density at radius 3 is 1.89 bits per heavy atom. The van der Waals surface area contributed by atoms with Gasteiger partial charge in [-0.15, -0.1) is 0 Å². The summed E-state index contributed by atoms with van der Waals surface area (Å²) in [6.45, 7) is 0.685. The predicted molar refractivity (Wildman–Crippen MR) is 48.1 cm³/mol. The summed E-state index contributed by atoms with van der Waals surface area (Å²) in [5.41, 5.74) is -5.38. The second kappa shape index (κ2) is 4.18. The molecule has 1 N–H and O–H groups in total. The number of benzene rings is 1. The smallest absolute Gasteiger partial charge is 0.417 e. The number of hydrogen-bond donors (Lipinski definition) is 1. The van der Waals surface area contributed by atoms with Crippen LogP contribution in [0, 0.1) is 0 Å². The van der Waals surface area contributed by atoms with Crippen molar-refractivity contribution in [2.75, 3.05) is 0 Å². The van der Waals surface area contributed by atoms with Gasteiger partial charge in [0.1, 0.15) is 5.75 Å². The van der Waals surface area contributed by atoms with E-state index in [4.69, 9.17) is 5.11 Å². The molecule has 8 heteroatoms. The van der Waals surface area contributed by atoms with Gasteiger partial charge in [-0.3, -0.25) is 4.79 Å². The Kier molecular flexibility index (Phi) is 3.33. The molecule has 0 fully saturated rings. The van der Waals surface area contributed by atoms with Crippen LogP contribution in [0.2, 0.25) is 0 Å². The van der Waals surface area contributed by atoms with Crippen molar-refractivity contribution in [3.8, 4) is 5.75 Å². The van der Waals surface area contributed by atoms with Crippen LogP contribution in [0.1, 0.15) is 28.4 Å². The predicted octanol–water partition coefficient (Wildman–Crippen LogP) is 3.63. The molecule has 0 aromatic heterocycles. The Morgan fingerprint density at radius 2 is 1.56 bits per heavy atom. The maximum Gasteiger partial charge on any atom is 0.417 e. The Labute approximate surface area is 96.8 Å². The molecule has 0 bridgehead atoms. The van der Waals surface area contributed by atoms with E-state index in [-0.39, 0.29) is 6.07 Å². The standard InChI is InChI=1S/C10H6F6O2/c1-4(17)6-2-5(18)3-7(9(11,12)13)8(6)10(14,15)16/h2-3,18H,1H3. The van der Waals surface area contributed by atoms with Gasteiger partial charge in [0.05, 0.1) is 11.1 Å². The van der Waals surface area contributed by atoms with E-state index >= 15 is 0 Å². The molecule has 0 aliphatic heterocycles. The SMILES string of the molecule is CC(=O)c1cc(O)cc(C(F)(F)F)c1C(F)(F)F. The van der Waals surface area contributed by atoms with Crippen molar-refractivity contribution in [1.29, 1.82) is 0 Å². The molecule has 0 heterocycles. The average Bonchev–Trinajstić information content (AvgIpc) is 2.12. The summed E-state index contributed by atoms with van der Waals surface area (Å²) < 4.78 is 75.2. The van der Waals surface area contributed by atoms with E-state index in [1.54, 1.807) is 0 Å². The second-order valence-electron chi connectivity index (χ2n) is 3.47. The van der Waals surface area contributed by atoms with Crippen molar-refractivity contribution < 1.29 is 36.2 Å². The fraction of sp³-hybridized carbons (Fsp3) is 0.300. The molecule has 18 heavy (non-hydrogen) atoms. The minimum Gasteiger partial charge on any atom is -0.508 e. The fourth-order valence-corrected chi connectivity index (χ4v) is 1.43. The first-order valence-corrected chi connectivity index (χ1v) is 4.47. The number of ketones is 1. The Morgan fingerprint density at radius 1 is 1.06 bits per heavy atom. The summed E-state index contributed by atoms with van der Waals surface area (Å²) in [6.07, 6.45) is -10.7. The van der Waals surface area contributed by atoms with Gasteiger partial charge in [-0.05, 0) is 19.1 Å². The van der Waals surface area contributed by atoms with E-state index in [9.17, 15) is 31.1 Å². The molecule has 0 atom stereocenters. The molecule has 1 aromatic rings. The van der Waals surface area contributed by atoms with Gasteiger partial charge >= 0.3 is 12.4 Å². The summed E-state index contributed by atoms with van der Waals surface area (Å²) in [4.78, 5) is 11.0. The van der Waals surface area contributed by atoms with E-state index in [1.807, 2.05) is 0 Å². The first kappa shape index (κ1) is 14.3. The number of aromatic hydroxyl groups is 1. The number of carbonyl (C=O) groups excluding carboxylic acids is 1. The van der Waals surface area contributed by atoms with E-state index in [0.29, 0.717) is 13.0 Å². The quantitative estimate of drug-likeness (QED) is 0.626. The third-order valence-electron chi connectivity index (χ3n) is 2.09. The first-order valence-electron chi connectivity index (χ1n) is 4.47. The zero-order valence-electron chi connectivity index (χ0n) is 8.78. The van der Waals surface area contributed by atoms with E-state index < -0.39 is 40.6 Å². The van der Waals surface area contributed by atoms with Crippen molar-refractivity contribution in [2.24, 2.45) is 0 Å². The maximum absolute atomic E-state index is 12.6. The number of phenols is 1. The van der Waals surface area contributed by atoms with E-state index in [1.165, 1.54) is 0 Å². The molecular weight excluding hydrogens is 266 g/mol. The van der Waals surface area contributed by atoms with Gasteiger partial charge in [0.15, 0.2) is 5.78 Å². The number of alkyl halides is 6. The van der Waals surface area contributed by atoms with Crippen LogP contribution in [0.3, 0.4) is 0 Å². The lowest BCUT2D eigenvalue weighted by Crippen LogP contribution is -2.20. The normalized spacial score (nSPS) is 12.6. The number of halogens is 6. The number of carbonyl (C=O) groups is 1. The molecule has 0 radical (unpaired) electrons. The zero-order chi connectivity index (χ0) is 14.3. The van der Waals surface area contributed by atoms with Crippen LogP contribution >= 0.6 is 0 Å². The highest BCUT2D eigenvalue weighted by Crippen LogP contribution is 2.43. The monoisotopic (exact) mass is 272 g/mol. The molecule has 0 aliphatic rings. The molecule has 2 nitrogen and oxygen atoms in total. The molecule has 0 amide bonds. The molecular formula is C10H6F6O2. The van der Waals surface area contributed by atoms with Gasteiger partial charge in [0, 0.05) is 5.56 Å². The lowest BCUT2D eigenvalue weighted by atomic mass is 9.97. The Bertz CT molecular complexity index is 486. The first-order chi connectivity index (χ1) is 7.94. The van der Waals surface area contributed by atoms with Crippen molar-refractivity contribution in [3.63, 3.8) is 0 Å². The van der Waals surface area contributed by atoms with Crippen LogP contribution in [0.25, 0.3) is 0 Å². The highest BCUT2D eigenvalue weighted by atomic mass is 19.4. The van der Waals surface area contributed by atoms with Crippen molar-refractivity contribution in [2.45, 2.75) is 19.3 Å². The van der Waals surface area contributed by atoms with Crippen LogP contribution in [-0.2, 0) is 12.4 Å². The zero-order valence-corrected chi connectivity index (χ0v) is 8.78. The van der Waals surface area contributed by atoms with Crippen LogP contribution < -0.4 is 0 Å². The van der Waals surface area contributed by atoms with Crippen molar-refractivity contribution in [1.82, 2.24) is 0 Å². The van der Waals surface area contributed by atoms with E-state index in [2.05, 4.69) is 0 Å². The molecule has 0 aliphatic carbocycles. The molecule has 100 valence electrons. The third kappa shape index (κ3) is 2.74. The van der Waals surface area contributed by atoms with E-state index in [0.717, 1.165) is 0 Å². The average molecular weight is 272 g/mol. The van der Waals surface area contributed by atoms with Crippen LogP contribution in [0.15, 0.2) is 12.1 Å². The number of rotatable bonds is 1. The Balaban J connectivity index is 3.76. The number of hydrogen-bond acceptors (Lipinski definition) is 2. The fourth-order valence-electron chi connectivity index (χ4n) is 1.43. The summed E-state index contributed by atoms with van der Waals surface area (Å²) in [5, 5.41) is 8.98. The van der Waals surface area contributed by atoms with Crippen LogP contribution in [-0.4, -0.2) is 10.9 Å². The van der Waals surface area contributed by atoms with Gasteiger partial charge in [-0.25, -0.2) is 0 Å². The Hall–Kier alpha value is -1.73. The third-order valence-corrected chi connectivity index (χ3v) is 2.09. The van der Waals surface area contributed by atoms with Gasteiger partial charge in [0.2, 0.25) is 0 Å². The van der Waals surface area contributed by atoms with Gasteiger partial charge in [0.25, 0.3) is 0 Å². The number of Topliss-reactive ketones (excluding diaryl/α,β-unsaturated/α-hetero) is 1. The second-order valence-corrected chi connectivity index (χ2v) is 3.47. The highest BCUT2D eigenvalue weighted by Gasteiger charge is 2.45. The topological polar surface area (TPSA) is 37.3 Å². The molecule has 1 rings (SSSR count). The minimum atomic E-state index is -5.35. The molecule has 0 spiro atoms. The molecule has 0 saturated carbocycles. The lowest BCUT2D eigenvalue weighted by molar-refractivity contribution is -0.162. The minimum absolute atomic E-state index is 0.0603. The van der Waals surface area contributed by atoms with Crippen molar-refractivity contribution in [3.05, 3.63) is 28.8 Å². The summed E-state index contributed by atoms with van der Waals surface area (Å²) in [5.74, 6) is -2.27. The van der Waals surface area contributed by atoms with Crippen molar-refractivity contribution >= 4 is 5.78 Å². The van der Waals surface area contributed by atoms with Gasteiger partial charge < -0.3 is 5.11 Å². The molecule has 0 unspecified atom stereocenters. The largest absolute Gasteiger partial charge is 0.508 e. The summed E-state index contributed by atoms with van der Waals surface area (Å²) in [6, 6.07) is 0.301. The lowest BCUT2D eigenvalue weighted by Gasteiger charge is -2.18. The molecule has 1 aromatic carbocycles. The van der Waals surface area contributed by atoms with Crippen LogP contribution in [0.4, 0.5) is 26.3 Å². The highest BCUT2D eigenvalue weighted by molar-refractivity contribution is 5.96. The number of phenolic OH excluding ortho intramolecular Hbond substituents is 1. The summed E-state index contributed by atoms with van der Waals surface area (Å²) in [7, 11) is 0. The van der Waals surface area contributed by atoms with Gasteiger partial charge in [-0.2, -0.15) is 26.3 Å². The van der Waals surface area contributed by atoms with Gasteiger partial charge in [-0.1, -0.05) is 0 Å². The molecule has 0 saturated heterocycles. The summed E-state index contributed by atoms with van der Waals surface area (Å²) >= 11 is 0.